The fourth-order valence-electron chi connectivity index (χ4n) is 4.96. The standard InChI is InChI=1S/C23H25N7O/c1-11-2-5-17-15(10-28-29-17)20(11)30-21-14(6-12-7-26-8-12)19(13-3-4-13)27-9-16(21)18(22(30)24)23(25)31/h2,5,9-10,12-13,26H,3-4,6-8,24H2,1H3,(H2,25,31)(H,28,29). The van der Waals surface area contributed by atoms with Gasteiger partial charge in [-0.25, -0.2) is 0 Å². The molecule has 0 unspecified atom stereocenters. The zero-order valence-corrected chi connectivity index (χ0v) is 17.4. The lowest BCUT2D eigenvalue weighted by Gasteiger charge is -2.28. The molecule has 2 aliphatic rings. The van der Waals surface area contributed by atoms with E-state index in [4.69, 9.17) is 16.5 Å². The predicted molar refractivity (Wildman–Crippen MR) is 120 cm³/mol. The zero-order chi connectivity index (χ0) is 21.3. The normalized spacial score (nSPS) is 16.8. The molecule has 1 aliphatic carbocycles. The lowest BCUT2D eigenvalue weighted by atomic mass is 9.91. The first-order chi connectivity index (χ1) is 15.0. The Balaban J connectivity index is 1.75. The summed E-state index contributed by atoms with van der Waals surface area (Å²) >= 11 is 0. The number of H-pyrrole nitrogens is 1. The van der Waals surface area contributed by atoms with Crippen LogP contribution in [0.4, 0.5) is 5.82 Å². The van der Waals surface area contributed by atoms with Gasteiger partial charge >= 0.3 is 0 Å². The molecule has 4 heterocycles. The lowest BCUT2D eigenvalue weighted by Crippen LogP contribution is -2.43. The number of hydrogen-bond donors (Lipinski definition) is 4. The molecule has 2 fully saturated rings. The summed E-state index contributed by atoms with van der Waals surface area (Å²) in [7, 11) is 0. The molecule has 0 atom stereocenters. The van der Waals surface area contributed by atoms with E-state index in [0.717, 1.165) is 71.1 Å². The average molecular weight is 416 g/mol. The van der Waals surface area contributed by atoms with Gasteiger partial charge in [-0.05, 0) is 62.4 Å². The molecule has 6 N–H and O–H groups in total. The number of nitrogens with one attached hydrogen (secondary N) is 2. The number of carbonyl (C=O) groups excluding carboxylic acids is 1. The summed E-state index contributed by atoms with van der Waals surface area (Å²) in [5.74, 6) is 0.870. The summed E-state index contributed by atoms with van der Waals surface area (Å²) in [6.45, 7) is 4.04. The number of rotatable bonds is 5. The minimum atomic E-state index is -0.532. The van der Waals surface area contributed by atoms with Crippen LogP contribution in [-0.4, -0.2) is 38.7 Å². The molecule has 8 heteroatoms. The Bertz CT molecular complexity index is 1360. The third-order valence-corrected chi connectivity index (χ3v) is 6.76. The Hall–Kier alpha value is -3.39. The minimum Gasteiger partial charge on any atom is -0.384 e. The van der Waals surface area contributed by atoms with Gasteiger partial charge < -0.3 is 16.8 Å². The number of anilines is 1. The van der Waals surface area contributed by atoms with E-state index in [9.17, 15) is 4.79 Å². The fourth-order valence-corrected chi connectivity index (χ4v) is 4.96. The summed E-state index contributed by atoms with van der Waals surface area (Å²) < 4.78 is 2.03. The summed E-state index contributed by atoms with van der Waals surface area (Å²) in [6, 6.07) is 4.06. The van der Waals surface area contributed by atoms with Crippen LogP contribution in [0.1, 0.15) is 45.9 Å². The van der Waals surface area contributed by atoms with Crippen molar-refractivity contribution in [2.45, 2.75) is 32.1 Å². The summed E-state index contributed by atoms with van der Waals surface area (Å²) in [6.07, 6.45) is 6.83. The molecule has 4 aromatic rings. The molecule has 1 amide bonds. The monoisotopic (exact) mass is 415 g/mol. The number of aromatic nitrogens is 4. The van der Waals surface area contributed by atoms with Crippen LogP contribution in [0.25, 0.3) is 27.5 Å². The summed E-state index contributed by atoms with van der Waals surface area (Å²) in [5.41, 5.74) is 19.0. The molecule has 31 heavy (non-hydrogen) atoms. The Morgan fingerprint density at radius 3 is 2.71 bits per heavy atom. The van der Waals surface area contributed by atoms with Gasteiger partial charge in [-0.2, -0.15) is 5.10 Å². The highest BCUT2D eigenvalue weighted by Crippen LogP contribution is 2.45. The molecule has 1 saturated heterocycles. The van der Waals surface area contributed by atoms with E-state index in [1.165, 1.54) is 5.56 Å². The second kappa shape index (κ2) is 6.55. The van der Waals surface area contributed by atoms with Crippen LogP contribution < -0.4 is 16.8 Å². The van der Waals surface area contributed by atoms with Gasteiger partial charge in [0.15, 0.2) is 0 Å². The molecule has 1 aromatic carbocycles. The van der Waals surface area contributed by atoms with Crippen LogP contribution in [-0.2, 0) is 6.42 Å². The predicted octanol–water partition coefficient (Wildman–Crippen LogP) is 2.53. The molecule has 0 spiro atoms. The van der Waals surface area contributed by atoms with Crippen molar-refractivity contribution in [2.24, 2.45) is 11.7 Å². The quantitative estimate of drug-likeness (QED) is 0.398. The largest absolute Gasteiger partial charge is 0.384 e. The second-order valence-corrected chi connectivity index (χ2v) is 8.91. The molecule has 158 valence electrons. The van der Waals surface area contributed by atoms with Crippen LogP contribution in [0.2, 0.25) is 0 Å². The van der Waals surface area contributed by atoms with Gasteiger partial charge in [-0.3, -0.25) is 19.4 Å². The number of aryl methyl sites for hydroxylation is 1. The fraction of sp³-hybridized carbons (Fsp3) is 0.348. The first-order valence-electron chi connectivity index (χ1n) is 10.8. The van der Waals surface area contributed by atoms with Gasteiger partial charge in [-0.15, -0.1) is 0 Å². The Kier molecular flexibility index (Phi) is 3.89. The van der Waals surface area contributed by atoms with Crippen molar-refractivity contribution in [2.75, 3.05) is 18.8 Å². The molecule has 3 aromatic heterocycles. The van der Waals surface area contributed by atoms with Gasteiger partial charge in [0.2, 0.25) is 0 Å². The van der Waals surface area contributed by atoms with Crippen LogP contribution in [0.15, 0.2) is 24.5 Å². The summed E-state index contributed by atoms with van der Waals surface area (Å²) in [5, 5.41) is 12.3. The number of nitrogens with two attached hydrogens (primary N) is 2. The smallest absolute Gasteiger partial charge is 0.253 e. The first kappa shape index (κ1) is 18.4. The highest BCUT2D eigenvalue weighted by Gasteiger charge is 2.33. The first-order valence-corrected chi connectivity index (χ1v) is 10.8. The number of hydrogen-bond acceptors (Lipinski definition) is 5. The van der Waals surface area contributed by atoms with Crippen molar-refractivity contribution >= 4 is 33.5 Å². The molecular weight excluding hydrogens is 390 g/mol. The maximum atomic E-state index is 12.5. The maximum absolute atomic E-state index is 12.5. The van der Waals surface area contributed by atoms with Gasteiger partial charge in [0.1, 0.15) is 5.82 Å². The van der Waals surface area contributed by atoms with Crippen molar-refractivity contribution in [3.63, 3.8) is 0 Å². The van der Waals surface area contributed by atoms with Crippen LogP contribution >= 0.6 is 0 Å². The van der Waals surface area contributed by atoms with Gasteiger partial charge in [0.05, 0.1) is 28.5 Å². The number of pyridine rings is 1. The Morgan fingerprint density at radius 1 is 1.23 bits per heavy atom. The van der Waals surface area contributed by atoms with E-state index < -0.39 is 5.91 Å². The zero-order valence-electron chi connectivity index (χ0n) is 17.4. The van der Waals surface area contributed by atoms with Crippen LogP contribution in [0.5, 0.6) is 0 Å². The van der Waals surface area contributed by atoms with Gasteiger partial charge in [0.25, 0.3) is 5.91 Å². The van der Waals surface area contributed by atoms with Crippen molar-refractivity contribution in [1.29, 1.82) is 0 Å². The molecule has 0 radical (unpaired) electrons. The SMILES string of the molecule is Cc1ccc2[nH]ncc2c1-n1c(N)c(C(N)=O)c2cnc(C3CC3)c(CC3CNC3)c21. The van der Waals surface area contributed by atoms with Crippen LogP contribution in [0, 0.1) is 12.8 Å². The molecule has 1 aliphatic heterocycles. The average Bonchev–Trinajstić information content (AvgIpc) is 3.36. The van der Waals surface area contributed by atoms with E-state index in [1.807, 2.05) is 22.9 Å². The molecule has 8 nitrogen and oxygen atoms in total. The summed E-state index contributed by atoms with van der Waals surface area (Å²) in [4.78, 5) is 17.3. The van der Waals surface area contributed by atoms with Crippen molar-refractivity contribution in [1.82, 2.24) is 25.1 Å². The van der Waals surface area contributed by atoms with Crippen molar-refractivity contribution in [3.8, 4) is 5.69 Å². The molecule has 1 saturated carbocycles. The Labute approximate surface area is 179 Å². The van der Waals surface area contributed by atoms with E-state index in [2.05, 4.69) is 22.4 Å². The maximum Gasteiger partial charge on any atom is 0.253 e. The number of amides is 1. The highest BCUT2D eigenvalue weighted by molar-refractivity contribution is 6.13. The van der Waals surface area contributed by atoms with E-state index in [0.29, 0.717) is 23.2 Å². The molecule has 0 bridgehead atoms. The third-order valence-electron chi connectivity index (χ3n) is 6.76. The number of nitrogens with zero attached hydrogens (tertiary/aromatic N) is 3. The third kappa shape index (κ3) is 2.68. The topological polar surface area (TPSA) is 128 Å². The highest BCUT2D eigenvalue weighted by atomic mass is 16.1. The number of nitrogen functional groups attached to an aromatic ring is 1. The lowest BCUT2D eigenvalue weighted by molar-refractivity contribution is 0.100. The van der Waals surface area contributed by atoms with Gasteiger partial charge in [0, 0.05) is 28.6 Å². The van der Waals surface area contributed by atoms with Gasteiger partial charge in [-0.1, -0.05) is 6.07 Å². The van der Waals surface area contributed by atoms with E-state index in [1.54, 1.807) is 6.20 Å². The van der Waals surface area contributed by atoms with Crippen molar-refractivity contribution < 1.29 is 4.79 Å². The number of aromatic amines is 1. The molecular formula is C23H25N7O. The number of fused-ring (bicyclic) bond motifs is 2. The number of benzene rings is 1. The van der Waals surface area contributed by atoms with Crippen molar-refractivity contribution in [3.05, 3.63) is 46.9 Å². The van der Waals surface area contributed by atoms with E-state index >= 15 is 0 Å². The number of primary amides is 1. The Morgan fingerprint density at radius 2 is 2.03 bits per heavy atom. The van der Waals surface area contributed by atoms with E-state index in [-0.39, 0.29) is 0 Å². The molecule has 6 rings (SSSR count). The second-order valence-electron chi connectivity index (χ2n) is 8.91. The number of carbonyl (C=O) groups is 1. The minimum absolute atomic E-state index is 0.345. The van der Waals surface area contributed by atoms with Crippen LogP contribution in [0.3, 0.4) is 0 Å².